The highest BCUT2D eigenvalue weighted by atomic mass is 19.1. The zero-order valence-electron chi connectivity index (χ0n) is 9.22. The smallest absolute Gasteiger partial charge is 0.196 e. The van der Waals surface area contributed by atoms with Gasteiger partial charge >= 0.3 is 0 Å². The Morgan fingerprint density at radius 1 is 1.53 bits per heavy atom. The van der Waals surface area contributed by atoms with E-state index < -0.39 is 5.82 Å². The maximum atomic E-state index is 13.3. The van der Waals surface area contributed by atoms with E-state index in [-0.39, 0.29) is 11.5 Å². The number of methoxy groups -OCH3 is 1. The molecule has 0 saturated heterocycles. The van der Waals surface area contributed by atoms with Gasteiger partial charge in [0.2, 0.25) is 0 Å². The number of phenolic OH excluding ortho intramolecular Hbond substituents is 1. The first kappa shape index (κ1) is 11.8. The number of ether oxygens (including phenoxy) is 1. The largest absolute Gasteiger partial charge is 0.504 e. The Morgan fingerprint density at radius 2 is 2.20 bits per heavy atom. The molecule has 0 saturated carbocycles. The summed E-state index contributed by atoms with van der Waals surface area (Å²) in [4.78, 5) is 0. The van der Waals surface area contributed by atoms with Crippen LogP contribution in [0.3, 0.4) is 0 Å². The highest BCUT2D eigenvalue weighted by molar-refractivity contribution is 5.50. The lowest BCUT2D eigenvalue weighted by Crippen LogP contribution is -2.11. The predicted molar refractivity (Wildman–Crippen MR) is 57.0 cm³/mol. The maximum absolute atomic E-state index is 13.3. The molecule has 0 spiro atoms. The Kier molecular flexibility index (Phi) is 3.91. The summed E-state index contributed by atoms with van der Waals surface area (Å²) in [6.07, 6.45) is 0.644. The minimum absolute atomic E-state index is 0.0771. The van der Waals surface area contributed by atoms with E-state index in [0.29, 0.717) is 6.42 Å². The molecule has 0 atom stereocenters. The van der Waals surface area contributed by atoms with Gasteiger partial charge in [0.15, 0.2) is 17.3 Å². The highest BCUT2D eigenvalue weighted by Crippen LogP contribution is 2.35. The van der Waals surface area contributed by atoms with Crippen LogP contribution in [-0.4, -0.2) is 25.8 Å². The van der Waals surface area contributed by atoms with E-state index >= 15 is 0 Å². The summed E-state index contributed by atoms with van der Waals surface area (Å²) < 4.78 is 18.1. The SMILES string of the molecule is CNCCc1c(C)cc(F)c(OC)c1O. The first-order valence-corrected chi connectivity index (χ1v) is 4.81. The quantitative estimate of drug-likeness (QED) is 0.798. The third kappa shape index (κ3) is 2.39. The zero-order valence-corrected chi connectivity index (χ0v) is 9.22. The van der Waals surface area contributed by atoms with Crippen molar-refractivity contribution in [3.05, 3.63) is 23.0 Å². The number of aromatic hydroxyl groups is 1. The number of hydrogen-bond donors (Lipinski definition) is 2. The molecule has 0 aliphatic heterocycles. The van der Waals surface area contributed by atoms with Crippen molar-refractivity contribution in [1.82, 2.24) is 5.32 Å². The normalized spacial score (nSPS) is 10.4. The van der Waals surface area contributed by atoms with Gasteiger partial charge in [-0.2, -0.15) is 0 Å². The molecular weight excluding hydrogens is 197 g/mol. The third-order valence-electron chi connectivity index (χ3n) is 2.37. The van der Waals surface area contributed by atoms with Gasteiger partial charge in [-0.25, -0.2) is 4.39 Å². The Labute approximate surface area is 88.9 Å². The summed E-state index contributed by atoms with van der Waals surface area (Å²) in [6, 6.07) is 1.38. The molecule has 0 heterocycles. The molecule has 0 unspecified atom stereocenters. The molecule has 0 radical (unpaired) electrons. The molecule has 0 aliphatic rings. The molecule has 15 heavy (non-hydrogen) atoms. The van der Waals surface area contributed by atoms with Crippen LogP contribution in [0.5, 0.6) is 11.5 Å². The van der Waals surface area contributed by atoms with E-state index in [1.807, 2.05) is 7.05 Å². The summed E-state index contributed by atoms with van der Waals surface area (Å²) in [5.41, 5.74) is 1.46. The Balaban J connectivity index is 3.14. The molecule has 0 aromatic heterocycles. The average Bonchev–Trinajstić information content (AvgIpc) is 2.17. The fourth-order valence-corrected chi connectivity index (χ4v) is 1.54. The van der Waals surface area contributed by atoms with Crippen LogP contribution in [0.2, 0.25) is 0 Å². The van der Waals surface area contributed by atoms with Crippen molar-refractivity contribution in [1.29, 1.82) is 0 Å². The summed E-state index contributed by atoms with van der Waals surface area (Å²) in [6.45, 7) is 2.50. The predicted octanol–water partition coefficient (Wildman–Crippen LogP) is 1.61. The van der Waals surface area contributed by atoms with Gasteiger partial charge < -0.3 is 15.2 Å². The summed E-state index contributed by atoms with van der Waals surface area (Å²) in [5.74, 6) is -0.697. The topological polar surface area (TPSA) is 41.5 Å². The first-order valence-electron chi connectivity index (χ1n) is 4.81. The van der Waals surface area contributed by atoms with Crippen molar-refractivity contribution in [2.75, 3.05) is 20.7 Å². The van der Waals surface area contributed by atoms with Crippen LogP contribution in [0.15, 0.2) is 6.07 Å². The number of halogens is 1. The van der Waals surface area contributed by atoms with Crippen molar-refractivity contribution in [2.45, 2.75) is 13.3 Å². The average molecular weight is 213 g/mol. The molecule has 3 nitrogen and oxygen atoms in total. The Hall–Kier alpha value is -1.29. The van der Waals surface area contributed by atoms with Crippen molar-refractivity contribution >= 4 is 0 Å². The zero-order chi connectivity index (χ0) is 11.4. The van der Waals surface area contributed by atoms with Gasteiger partial charge in [0.05, 0.1) is 7.11 Å². The molecule has 1 aromatic rings. The minimum atomic E-state index is -0.527. The number of phenols is 1. The fourth-order valence-electron chi connectivity index (χ4n) is 1.54. The van der Waals surface area contributed by atoms with Gasteiger partial charge in [-0.1, -0.05) is 0 Å². The van der Waals surface area contributed by atoms with Crippen LogP contribution >= 0.6 is 0 Å². The number of nitrogens with one attached hydrogen (secondary N) is 1. The summed E-state index contributed by atoms with van der Waals surface area (Å²) in [7, 11) is 3.17. The molecule has 0 fully saturated rings. The Morgan fingerprint density at radius 3 is 2.73 bits per heavy atom. The second-order valence-electron chi connectivity index (χ2n) is 3.39. The molecule has 84 valence electrons. The van der Waals surface area contributed by atoms with Crippen molar-refractivity contribution in [2.24, 2.45) is 0 Å². The lowest BCUT2D eigenvalue weighted by molar-refractivity contribution is 0.348. The van der Waals surface area contributed by atoms with Crippen LogP contribution < -0.4 is 10.1 Å². The lowest BCUT2D eigenvalue weighted by atomic mass is 10.0. The van der Waals surface area contributed by atoms with Crippen molar-refractivity contribution in [3.63, 3.8) is 0 Å². The van der Waals surface area contributed by atoms with Gasteiger partial charge in [-0.05, 0) is 38.6 Å². The van der Waals surface area contributed by atoms with Crippen LogP contribution in [0.1, 0.15) is 11.1 Å². The Bertz CT molecular complexity index is 353. The molecule has 4 heteroatoms. The highest BCUT2D eigenvalue weighted by Gasteiger charge is 2.15. The molecule has 0 bridgehead atoms. The third-order valence-corrected chi connectivity index (χ3v) is 2.37. The van der Waals surface area contributed by atoms with Crippen LogP contribution in [0.4, 0.5) is 4.39 Å². The van der Waals surface area contributed by atoms with Crippen LogP contribution in [-0.2, 0) is 6.42 Å². The van der Waals surface area contributed by atoms with Crippen molar-refractivity contribution in [3.8, 4) is 11.5 Å². The summed E-state index contributed by atoms with van der Waals surface area (Å²) >= 11 is 0. The minimum Gasteiger partial charge on any atom is -0.504 e. The van der Waals surface area contributed by atoms with Crippen LogP contribution in [0, 0.1) is 12.7 Å². The van der Waals surface area contributed by atoms with Gasteiger partial charge in [-0.3, -0.25) is 0 Å². The molecule has 1 rings (SSSR count). The van der Waals surface area contributed by atoms with Gasteiger partial charge in [0.25, 0.3) is 0 Å². The maximum Gasteiger partial charge on any atom is 0.196 e. The summed E-state index contributed by atoms with van der Waals surface area (Å²) in [5, 5.41) is 12.8. The van der Waals surface area contributed by atoms with Gasteiger partial charge in [0.1, 0.15) is 0 Å². The fraction of sp³-hybridized carbons (Fsp3) is 0.455. The van der Waals surface area contributed by atoms with Crippen LogP contribution in [0.25, 0.3) is 0 Å². The van der Waals surface area contributed by atoms with E-state index in [0.717, 1.165) is 17.7 Å². The standard InChI is InChI=1S/C11H16FNO2/c1-7-6-9(12)11(15-3)10(14)8(7)4-5-13-2/h6,13-14H,4-5H2,1-3H3. The van der Waals surface area contributed by atoms with Gasteiger partial charge in [-0.15, -0.1) is 0 Å². The number of likely N-dealkylation sites (N-methyl/N-ethyl adjacent to an activating group) is 1. The molecule has 2 N–H and O–H groups in total. The molecule has 0 amide bonds. The van der Waals surface area contributed by atoms with E-state index in [1.54, 1.807) is 6.92 Å². The van der Waals surface area contributed by atoms with E-state index in [2.05, 4.69) is 5.32 Å². The number of benzene rings is 1. The number of hydrogen-bond acceptors (Lipinski definition) is 3. The molecule has 1 aromatic carbocycles. The van der Waals surface area contributed by atoms with Gasteiger partial charge in [0, 0.05) is 5.56 Å². The van der Waals surface area contributed by atoms with E-state index in [4.69, 9.17) is 4.74 Å². The molecule has 0 aliphatic carbocycles. The lowest BCUT2D eigenvalue weighted by Gasteiger charge is -2.12. The van der Waals surface area contributed by atoms with E-state index in [1.165, 1.54) is 13.2 Å². The molecular formula is C11H16FNO2. The number of aryl methyl sites for hydroxylation is 1. The monoisotopic (exact) mass is 213 g/mol. The second kappa shape index (κ2) is 4.98. The van der Waals surface area contributed by atoms with Crippen molar-refractivity contribution < 1.29 is 14.2 Å². The first-order chi connectivity index (χ1) is 7.11. The second-order valence-corrected chi connectivity index (χ2v) is 3.39. The number of rotatable bonds is 4. The van der Waals surface area contributed by atoms with E-state index in [9.17, 15) is 9.50 Å².